The summed E-state index contributed by atoms with van der Waals surface area (Å²) in [4.78, 5) is 0. The quantitative estimate of drug-likeness (QED) is 0.595. The molecule has 0 unspecified atom stereocenters. The maximum atomic E-state index is 8.58. The molecule has 0 N–H and O–H groups in total. The first-order valence-electron chi connectivity index (χ1n) is 0.880. The molecule has 0 rings (SSSR count). The molecule has 0 bridgehead atoms. The molecule has 0 aliphatic carbocycles. The first-order chi connectivity index (χ1) is 2.83. The van der Waals surface area contributed by atoms with Gasteiger partial charge >= 0.3 is 79.0 Å². The molecule has 0 fully saturated rings. The Kier molecular flexibility index (Phi) is 28.5. The fourth-order valence-corrected chi connectivity index (χ4v) is 0. The van der Waals surface area contributed by atoms with Crippen molar-refractivity contribution in [2.24, 2.45) is 0 Å². The van der Waals surface area contributed by atoms with E-state index in [1.807, 2.05) is 0 Å². The van der Waals surface area contributed by atoms with E-state index in [-0.39, 0.29) is 0 Å². The summed E-state index contributed by atoms with van der Waals surface area (Å²) in [5.74, 6) is 0. The number of hydrogen-bond donors (Lipinski definition) is 0. The van der Waals surface area contributed by atoms with Gasteiger partial charge < -0.3 is 0 Å². The summed E-state index contributed by atoms with van der Waals surface area (Å²) in [6.07, 6.45) is 0. The van der Waals surface area contributed by atoms with E-state index >= 15 is 0 Å². The van der Waals surface area contributed by atoms with Crippen LogP contribution in [-0.2, 0) is 3.87 Å². The molecule has 0 aromatic rings. The SMILES string of the molecule is [O]=[Ce]=[O].[O]=[Pr]=[O]. The molecular formula is CeO4Pr. The fourth-order valence-electron chi connectivity index (χ4n) is 0. The van der Waals surface area contributed by atoms with Crippen molar-refractivity contribution in [1.29, 1.82) is 0 Å². The zero-order valence-electron chi connectivity index (χ0n) is 2.71. The Morgan fingerprint density at radius 1 is 1.17 bits per heavy atom. The first-order valence-corrected chi connectivity index (χ1v) is 6.47. The fraction of sp³-hybridized carbons (Fsp3) is 0. The third-order valence-corrected chi connectivity index (χ3v) is 0. The van der Waals surface area contributed by atoms with Crippen molar-refractivity contribution in [3.63, 3.8) is 0 Å². The van der Waals surface area contributed by atoms with E-state index in [0.29, 0.717) is 0 Å². The van der Waals surface area contributed by atoms with Gasteiger partial charge in [0.2, 0.25) is 0 Å². The summed E-state index contributed by atoms with van der Waals surface area (Å²) in [5.41, 5.74) is 0. The van der Waals surface area contributed by atoms with Crippen molar-refractivity contribution < 1.29 is 79.0 Å². The van der Waals surface area contributed by atoms with Crippen LogP contribution in [0.3, 0.4) is 0 Å². The van der Waals surface area contributed by atoms with Crippen LogP contribution in [0, 0.1) is 75.2 Å². The van der Waals surface area contributed by atoms with Gasteiger partial charge in [-0.25, -0.2) is 0 Å². The predicted octanol–water partition coefficient (Wildman–Crippen LogP) is -0.475. The second-order valence-corrected chi connectivity index (χ2v) is 1.32. The Morgan fingerprint density at radius 3 is 1.17 bits per heavy atom. The molecule has 0 saturated heterocycles. The van der Waals surface area contributed by atoms with Gasteiger partial charge in [0.25, 0.3) is 0 Å². The molecule has 0 aliphatic rings. The Labute approximate surface area is 76.7 Å². The molecule has 0 radical (unpaired) electrons. The van der Waals surface area contributed by atoms with Crippen LogP contribution in [-0.4, -0.2) is 0 Å². The van der Waals surface area contributed by atoms with Crippen LogP contribution in [0.5, 0.6) is 0 Å². The van der Waals surface area contributed by atoms with Crippen LogP contribution in [0.25, 0.3) is 0 Å². The van der Waals surface area contributed by atoms with Gasteiger partial charge in [0, 0.05) is 0 Å². The molecule has 0 heterocycles. The molecule has 4 nitrogen and oxygen atoms in total. The van der Waals surface area contributed by atoms with Crippen LogP contribution >= 0.6 is 0 Å². The molecule has 0 spiro atoms. The van der Waals surface area contributed by atoms with Gasteiger partial charge in [-0.3, -0.25) is 0 Å². The van der Waals surface area contributed by atoms with Crippen LogP contribution in [0.2, 0.25) is 0 Å². The average molecular weight is 345 g/mol. The zero-order chi connectivity index (χ0) is 5.41. The van der Waals surface area contributed by atoms with E-state index < -0.39 is 75.2 Å². The van der Waals surface area contributed by atoms with Crippen molar-refractivity contribution in [2.75, 3.05) is 0 Å². The molecule has 0 amide bonds. The Bertz CT molecular complexity index is 61.5. The summed E-state index contributed by atoms with van der Waals surface area (Å²) in [6.45, 7) is 0. The topological polar surface area (TPSA) is 68.3 Å². The van der Waals surface area contributed by atoms with Crippen LogP contribution in [0.15, 0.2) is 0 Å². The van der Waals surface area contributed by atoms with Gasteiger partial charge in [0.15, 0.2) is 0 Å². The standard InChI is InChI=1S/Ce.4O.Pr. The zero-order valence-corrected chi connectivity index (χ0v) is 9.55. The second kappa shape index (κ2) is 15.8. The summed E-state index contributed by atoms with van der Waals surface area (Å²) < 4.78 is 34.3. The van der Waals surface area contributed by atoms with Crippen molar-refractivity contribution >= 4 is 0 Å². The van der Waals surface area contributed by atoms with E-state index in [4.69, 9.17) is 3.87 Å². The Morgan fingerprint density at radius 2 is 1.17 bits per heavy atom. The van der Waals surface area contributed by atoms with E-state index in [0.717, 1.165) is 0 Å². The van der Waals surface area contributed by atoms with Gasteiger partial charge in [0.1, 0.15) is 0 Å². The molecule has 6 heavy (non-hydrogen) atoms. The van der Waals surface area contributed by atoms with Gasteiger partial charge in [-0.15, -0.1) is 0 Å². The minimum atomic E-state index is -2.50. The first kappa shape index (κ1) is 10.8. The predicted molar refractivity (Wildman–Crippen MR) is 2.75 cm³/mol. The Balaban J connectivity index is 0. The second-order valence-electron chi connectivity index (χ2n) is 0.180. The third kappa shape index (κ3) is 38.5. The van der Waals surface area contributed by atoms with Crippen LogP contribution < -0.4 is 0 Å². The molecule has 0 aromatic heterocycles. The summed E-state index contributed by atoms with van der Waals surface area (Å²) in [5, 5.41) is 0. The van der Waals surface area contributed by atoms with Crippen LogP contribution in [0.4, 0.5) is 0 Å². The average Bonchev–Trinajstić information content (AvgIpc) is 1.39. The molecule has 0 atom stereocenters. The minimum absolute atomic E-state index is 2.42. The molecule has 0 saturated carbocycles. The normalized spacial score (nSPS) is 2.67. The maximum absolute atomic E-state index is 8.58. The van der Waals surface area contributed by atoms with Crippen LogP contribution in [0.1, 0.15) is 0 Å². The molecule has 6 heteroatoms. The van der Waals surface area contributed by atoms with E-state index in [1.54, 1.807) is 0 Å². The van der Waals surface area contributed by atoms with Gasteiger partial charge in [-0.1, -0.05) is 0 Å². The van der Waals surface area contributed by atoms with E-state index in [9.17, 15) is 0 Å². The molecular weight excluding hydrogens is 345 g/mol. The molecule has 31 valence electrons. The van der Waals surface area contributed by atoms with Gasteiger partial charge in [-0.2, -0.15) is 0 Å². The van der Waals surface area contributed by atoms with Gasteiger partial charge in [0.05, 0.1) is 0 Å². The van der Waals surface area contributed by atoms with E-state index in [1.165, 1.54) is 0 Å². The van der Waals surface area contributed by atoms with Crippen molar-refractivity contribution in [3.05, 3.63) is 0 Å². The summed E-state index contributed by atoms with van der Waals surface area (Å²) in [6, 6.07) is 0. The van der Waals surface area contributed by atoms with Crippen molar-refractivity contribution in [1.82, 2.24) is 0 Å². The van der Waals surface area contributed by atoms with Crippen molar-refractivity contribution in [3.8, 4) is 0 Å². The summed E-state index contributed by atoms with van der Waals surface area (Å²) >= 11 is -4.92. The van der Waals surface area contributed by atoms with Gasteiger partial charge in [-0.05, 0) is 0 Å². The van der Waals surface area contributed by atoms with E-state index in [2.05, 4.69) is 0 Å². The Hall–Kier alpha value is 1.94. The number of hydrogen-bond acceptors (Lipinski definition) is 4. The molecule has 0 aromatic carbocycles. The number of rotatable bonds is 0. The molecule has 0 aliphatic heterocycles. The monoisotopic (exact) mass is 345 g/mol. The third-order valence-electron chi connectivity index (χ3n) is 0. The summed E-state index contributed by atoms with van der Waals surface area (Å²) in [7, 11) is 0. The van der Waals surface area contributed by atoms with Crippen molar-refractivity contribution in [2.45, 2.75) is 0 Å².